The van der Waals surface area contributed by atoms with E-state index in [-0.39, 0.29) is 17.6 Å². The lowest BCUT2D eigenvalue weighted by molar-refractivity contribution is 0.0679. The summed E-state index contributed by atoms with van der Waals surface area (Å²) in [6, 6.07) is 11.6. The Balaban J connectivity index is 1.48. The molecule has 29 heavy (non-hydrogen) atoms. The Morgan fingerprint density at radius 3 is 2.83 bits per heavy atom. The fraction of sp³-hybridized carbons (Fsp3) is 0.435. The first-order valence-corrected chi connectivity index (χ1v) is 10.5. The number of aromatic nitrogens is 3. The third-order valence-electron chi connectivity index (χ3n) is 6.17. The van der Waals surface area contributed by atoms with E-state index in [1.807, 2.05) is 57.4 Å². The molecule has 1 atom stereocenters. The van der Waals surface area contributed by atoms with Gasteiger partial charge in [-0.15, -0.1) is 0 Å². The molecule has 1 amide bonds. The molecule has 0 spiro atoms. The van der Waals surface area contributed by atoms with Crippen molar-refractivity contribution in [1.82, 2.24) is 19.0 Å². The highest BCUT2D eigenvalue weighted by Crippen LogP contribution is 2.32. The maximum absolute atomic E-state index is 13.3. The minimum Gasteiger partial charge on any atom is -0.337 e. The Kier molecular flexibility index (Phi) is 4.49. The molecule has 1 aliphatic heterocycles. The van der Waals surface area contributed by atoms with E-state index in [9.17, 15) is 9.59 Å². The number of aryl methyl sites for hydroxylation is 1. The van der Waals surface area contributed by atoms with Gasteiger partial charge in [-0.1, -0.05) is 17.7 Å². The van der Waals surface area contributed by atoms with Gasteiger partial charge in [0, 0.05) is 31.4 Å². The molecule has 2 aliphatic rings. The van der Waals surface area contributed by atoms with Crippen molar-refractivity contribution in [1.29, 1.82) is 0 Å². The second kappa shape index (κ2) is 7.17. The van der Waals surface area contributed by atoms with Crippen LogP contribution in [0.5, 0.6) is 0 Å². The van der Waals surface area contributed by atoms with Gasteiger partial charge in [-0.2, -0.15) is 0 Å². The normalized spacial score (nSPS) is 19.6. The van der Waals surface area contributed by atoms with Gasteiger partial charge in [-0.25, -0.2) is 9.78 Å². The number of carbonyl (C=O) groups is 1. The molecule has 1 saturated carbocycles. The van der Waals surface area contributed by atoms with Crippen molar-refractivity contribution in [3.8, 4) is 0 Å². The standard InChI is InChI=1S/C23H26N4O2/c1-16-5-2-6-18(13-16)22(28)25-12-4-7-19(15-25)27-21-20(8-3-11-24-21)26(23(27)29)14-17-9-10-17/h2-3,5-6,8,11,13,17,19H,4,7,9-10,12,14-15H2,1H3/t19-/m0/s1. The van der Waals surface area contributed by atoms with Crippen LogP contribution in [0.3, 0.4) is 0 Å². The molecule has 3 aromatic rings. The third-order valence-corrected chi connectivity index (χ3v) is 6.17. The molecule has 0 N–H and O–H groups in total. The van der Waals surface area contributed by atoms with E-state index >= 15 is 0 Å². The maximum Gasteiger partial charge on any atom is 0.330 e. The molecular formula is C23H26N4O2. The zero-order valence-corrected chi connectivity index (χ0v) is 16.8. The number of hydrogen-bond donors (Lipinski definition) is 0. The van der Waals surface area contributed by atoms with Crippen molar-refractivity contribution >= 4 is 17.1 Å². The van der Waals surface area contributed by atoms with Gasteiger partial charge >= 0.3 is 5.69 Å². The molecule has 150 valence electrons. The van der Waals surface area contributed by atoms with Crippen LogP contribution in [0.25, 0.3) is 11.2 Å². The van der Waals surface area contributed by atoms with Gasteiger partial charge in [-0.3, -0.25) is 13.9 Å². The molecule has 1 saturated heterocycles. The minimum atomic E-state index is -0.0390. The number of piperidine rings is 1. The van der Waals surface area contributed by atoms with Crippen LogP contribution in [0.15, 0.2) is 47.4 Å². The van der Waals surface area contributed by atoms with Gasteiger partial charge in [0.15, 0.2) is 5.65 Å². The van der Waals surface area contributed by atoms with Crippen LogP contribution in [0.2, 0.25) is 0 Å². The first-order valence-electron chi connectivity index (χ1n) is 10.5. The highest BCUT2D eigenvalue weighted by atomic mass is 16.2. The lowest BCUT2D eigenvalue weighted by Gasteiger charge is -2.33. The summed E-state index contributed by atoms with van der Waals surface area (Å²) in [5, 5.41) is 0. The van der Waals surface area contributed by atoms with Gasteiger partial charge in [-0.05, 0) is 62.8 Å². The Bertz CT molecular complexity index is 1130. The minimum absolute atomic E-state index is 0.0143. The number of nitrogens with zero attached hydrogens (tertiary/aromatic N) is 4. The summed E-state index contributed by atoms with van der Waals surface area (Å²) < 4.78 is 3.73. The van der Waals surface area contributed by atoms with Crippen molar-refractivity contribution in [3.05, 3.63) is 64.2 Å². The number of pyridine rings is 1. The lowest BCUT2D eigenvalue weighted by Crippen LogP contribution is -2.43. The Morgan fingerprint density at radius 2 is 2.03 bits per heavy atom. The lowest BCUT2D eigenvalue weighted by atomic mass is 10.0. The number of rotatable bonds is 4. The maximum atomic E-state index is 13.3. The quantitative estimate of drug-likeness (QED) is 0.686. The van der Waals surface area contributed by atoms with Crippen molar-refractivity contribution in [2.75, 3.05) is 13.1 Å². The monoisotopic (exact) mass is 390 g/mol. The SMILES string of the molecule is Cc1cccc(C(=O)N2CCC[C@H](n3c(=O)n(CC4CC4)c4cccnc43)C2)c1. The van der Waals surface area contributed by atoms with Crippen LogP contribution in [0, 0.1) is 12.8 Å². The fourth-order valence-electron chi connectivity index (χ4n) is 4.48. The topological polar surface area (TPSA) is 60.1 Å². The number of imidazole rings is 1. The molecule has 6 heteroatoms. The summed E-state index contributed by atoms with van der Waals surface area (Å²) in [5.41, 5.74) is 3.46. The molecule has 6 nitrogen and oxygen atoms in total. The molecule has 1 aliphatic carbocycles. The molecule has 0 unspecified atom stereocenters. The first-order chi connectivity index (χ1) is 14.1. The molecule has 0 bridgehead atoms. The third kappa shape index (κ3) is 3.37. The second-order valence-corrected chi connectivity index (χ2v) is 8.47. The van der Waals surface area contributed by atoms with Crippen molar-refractivity contribution in [2.45, 2.75) is 45.2 Å². The molecule has 1 aromatic carbocycles. The largest absolute Gasteiger partial charge is 0.337 e. The Hall–Kier alpha value is -2.89. The number of fused-ring (bicyclic) bond motifs is 1. The predicted molar refractivity (Wildman–Crippen MR) is 112 cm³/mol. The summed E-state index contributed by atoms with van der Waals surface area (Å²) in [6.07, 6.45) is 5.91. The van der Waals surface area contributed by atoms with Crippen molar-refractivity contribution in [2.24, 2.45) is 5.92 Å². The number of benzene rings is 1. The van der Waals surface area contributed by atoms with Crippen molar-refractivity contribution < 1.29 is 4.79 Å². The molecule has 2 fully saturated rings. The molecule has 5 rings (SSSR count). The average molecular weight is 390 g/mol. The van der Waals surface area contributed by atoms with Crippen LogP contribution in [0.4, 0.5) is 0 Å². The number of likely N-dealkylation sites (tertiary alicyclic amines) is 1. The van der Waals surface area contributed by atoms with Gasteiger partial charge in [0.05, 0.1) is 11.6 Å². The number of hydrogen-bond acceptors (Lipinski definition) is 3. The van der Waals surface area contributed by atoms with E-state index in [1.54, 1.807) is 6.20 Å². The zero-order chi connectivity index (χ0) is 20.0. The van der Waals surface area contributed by atoms with Crippen LogP contribution in [0.1, 0.15) is 47.6 Å². The summed E-state index contributed by atoms with van der Waals surface area (Å²) in [6.45, 7) is 4.04. The van der Waals surface area contributed by atoms with E-state index < -0.39 is 0 Å². The average Bonchev–Trinajstić information content (AvgIpc) is 3.52. The van der Waals surface area contributed by atoms with E-state index in [1.165, 1.54) is 12.8 Å². The smallest absolute Gasteiger partial charge is 0.330 e. The van der Waals surface area contributed by atoms with E-state index in [0.29, 0.717) is 18.0 Å². The highest BCUT2D eigenvalue weighted by molar-refractivity contribution is 5.94. The number of amides is 1. The van der Waals surface area contributed by atoms with Gasteiger partial charge in [0.2, 0.25) is 0 Å². The highest BCUT2D eigenvalue weighted by Gasteiger charge is 2.30. The summed E-state index contributed by atoms with van der Waals surface area (Å²) >= 11 is 0. The Morgan fingerprint density at radius 1 is 1.17 bits per heavy atom. The van der Waals surface area contributed by atoms with E-state index in [0.717, 1.165) is 42.7 Å². The van der Waals surface area contributed by atoms with Crippen LogP contribution < -0.4 is 5.69 Å². The molecule has 0 radical (unpaired) electrons. The van der Waals surface area contributed by atoms with Gasteiger partial charge in [0.25, 0.3) is 5.91 Å². The van der Waals surface area contributed by atoms with Crippen LogP contribution >= 0.6 is 0 Å². The Labute approximate surface area is 169 Å². The zero-order valence-electron chi connectivity index (χ0n) is 16.8. The number of carbonyl (C=O) groups excluding carboxylic acids is 1. The van der Waals surface area contributed by atoms with E-state index in [4.69, 9.17) is 0 Å². The predicted octanol–water partition coefficient (Wildman–Crippen LogP) is 3.39. The summed E-state index contributed by atoms with van der Waals surface area (Å²) in [5.74, 6) is 0.652. The van der Waals surface area contributed by atoms with Crippen LogP contribution in [-0.2, 0) is 6.54 Å². The molecular weight excluding hydrogens is 364 g/mol. The molecule has 2 aromatic heterocycles. The summed E-state index contributed by atoms with van der Waals surface area (Å²) in [4.78, 5) is 32.8. The summed E-state index contributed by atoms with van der Waals surface area (Å²) in [7, 11) is 0. The van der Waals surface area contributed by atoms with Crippen LogP contribution in [-0.4, -0.2) is 38.0 Å². The molecule has 3 heterocycles. The first kappa shape index (κ1) is 18.2. The second-order valence-electron chi connectivity index (χ2n) is 8.47. The van der Waals surface area contributed by atoms with Gasteiger partial charge < -0.3 is 4.90 Å². The van der Waals surface area contributed by atoms with Crippen molar-refractivity contribution in [3.63, 3.8) is 0 Å². The van der Waals surface area contributed by atoms with E-state index in [2.05, 4.69) is 4.98 Å². The fourth-order valence-corrected chi connectivity index (χ4v) is 4.48. The van der Waals surface area contributed by atoms with Gasteiger partial charge in [0.1, 0.15) is 0 Å².